The van der Waals surface area contributed by atoms with Crippen LogP contribution in [0.5, 0.6) is 0 Å². The van der Waals surface area contributed by atoms with Gasteiger partial charge in [-0.1, -0.05) is 146 Å². The van der Waals surface area contributed by atoms with E-state index in [0.717, 1.165) is 35.4 Å². The average Bonchev–Trinajstić information content (AvgIpc) is 3.83. The van der Waals surface area contributed by atoms with Gasteiger partial charge in [-0.05, 0) is 160 Å². The molecule has 60 heavy (non-hydrogen) atoms. The first-order valence-corrected chi connectivity index (χ1v) is 21.0. The van der Waals surface area contributed by atoms with Gasteiger partial charge in [-0.15, -0.1) is 0 Å². The van der Waals surface area contributed by atoms with E-state index in [-0.39, 0.29) is 0 Å². The number of pyridine rings is 2. The number of nitrogens with zero attached hydrogens (tertiary/aromatic N) is 2. The molecule has 8 aromatic carbocycles. The summed E-state index contributed by atoms with van der Waals surface area (Å²) in [6.07, 6.45) is 10.5. The van der Waals surface area contributed by atoms with Crippen molar-refractivity contribution in [1.82, 2.24) is 9.97 Å². The van der Waals surface area contributed by atoms with Crippen LogP contribution in [0.25, 0.3) is 128 Å². The van der Waals surface area contributed by atoms with Crippen LogP contribution in [0.3, 0.4) is 0 Å². The van der Waals surface area contributed by atoms with Gasteiger partial charge in [0.25, 0.3) is 0 Å². The van der Waals surface area contributed by atoms with Gasteiger partial charge in [0.2, 0.25) is 0 Å². The topological polar surface area (TPSA) is 25.8 Å². The van der Waals surface area contributed by atoms with Gasteiger partial charge >= 0.3 is 0 Å². The van der Waals surface area contributed by atoms with E-state index < -0.39 is 0 Å². The second-order valence-corrected chi connectivity index (χ2v) is 16.2. The van der Waals surface area contributed by atoms with Gasteiger partial charge in [-0.3, -0.25) is 9.97 Å². The lowest BCUT2D eigenvalue weighted by molar-refractivity contribution is 0.989. The van der Waals surface area contributed by atoms with Crippen LogP contribution < -0.4 is 0 Å². The Morgan fingerprint density at radius 2 is 0.833 bits per heavy atom. The summed E-state index contributed by atoms with van der Waals surface area (Å²) in [6, 6.07) is 62.6. The van der Waals surface area contributed by atoms with E-state index in [1.54, 1.807) is 0 Å². The third-order valence-corrected chi connectivity index (χ3v) is 13.1. The van der Waals surface area contributed by atoms with E-state index in [9.17, 15) is 0 Å². The Kier molecular flexibility index (Phi) is 7.17. The molecule has 3 aliphatic rings. The van der Waals surface area contributed by atoms with Crippen molar-refractivity contribution in [1.29, 1.82) is 0 Å². The first-order valence-electron chi connectivity index (χ1n) is 21.0. The highest BCUT2D eigenvalue weighted by Crippen LogP contribution is 2.59. The predicted molar refractivity (Wildman–Crippen MR) is 250 cm³/mol. The van der Waals surface area contributed by atoms with Crippen LogP contribution in [-0.4, -0.2) is 9.97 Å². The molecular weight excluding hydrogens is 725 g/mol. The summed E-state index contributed by atoms with van der Waals surface area (Å²) in [6.45, 7) is 0. The Morgan fingerprint density at radius 1 is 0.350 bits per heavy atom. The molecule has 0 N–H and O–H groups in total. The molecule has 3 aliphatic carbocycles. The second kappa shape index (κ2) is 12.9. The van der Waals surface area contributed by atoms with Crippen LogP contribution in [0.4, 0.5) is 0 Å². The summed E-state index contributed by atoms with van der Waals surface area (Å²) in [5, 5.41) is 5.27. The fraction of sp³-hybridized carbons (Fsp3) is 0.0345. The summed E-state index contributed by atoms with van der Waals surface area (Å²) in [4.78, 5) is 9.53. The molecule has 10 aromatic rings. The first kappa shape index (κ1) is 33.3. The lowest BCUT2D eigenvalue weighted by Gasteiger charge is -2.26. The highest BCUT2D eigenvalue weighted by atomic mass is 14.7. The van der Waals surface area contributed by atoms with Crippen molar-refractivity contribution in [2.45, 2.75) is 12.8 Å². The first-order chi connectivity index (χ1) is 29.8. The maximum atomic E-state index is 4.76. The number of rotatable bonds is 5. The van der Waals surface area contributed by atoms with Crippen LogP contribution in [0.1, 0.15) is 17.5 Å². The zero-order valence-electron chi connectivity index (χ0n) is 32.8. The molecule has 13 rings (SSSR count). The van der Waals surface area contributed by atoms with Gasteiger partial charge in [0.05, 0.1) is 11.4 Å². The standard InChI is InChI=1S/C58H36N2/c1-2-18-40-39(17-1)43-21-11-22-44-41(27-29-48(40)55(43)44)42-28-30-50-56-45(42)23-12-24-49(56)57-53(37-15-9-13-35(33-37)51-25-5-7-31-59-51)46-19-3-4-20-47(46)54(58(50)57)38-16-10-14-36(34-38)52-26-6-8-32-60-52/h1-3,5-19,21-34H,4,20H2. The van der Waals surface area contributed by atoms with Crippen LogP contribution in [-0.2, 0) is 6.42 Å². The van der Waals surface area contributed by atoms with Gasteiger partial charge in [-0.25, -0.2) is 0 Å². The van der Waals surface area contributed by atoms with Gasteiger partial charge in [0.1, 0.15) is 0 Å². The van der Waals surface area contributed by atoms with Crippen LogP contribution in [0.15, 0.2) is 188 Å². The maximum absolute atomic E-state index is 4.76. The van der Waals surface area contributed by atoms with Gasteiger partial charge in [0, 0.05) is 23.5 Å². The SMILES string of the molecule is C1=Cc2c(c(-c3cccc(-c4ccccn4)c3)c3c(c2-c2cccc(-c4ccccn4)c2)-c2cccc4c(-c5ccc6c7c(cccc57)-c5ccccc5-6)ccc-3c24)CC1. The van der Waals surface area contributed by atoms with Crippen molar-refractivity contribution >= 4 is 27.6 Å². The monoisotopic (exact) mass is 760 g/mol. The summed E-state index contributed by atoms with van der Waals surface area (Å²) < 4.78 is 0. The van der Waals surface area contributed by atoms with Crippen molar-refractivity contribution in [3.8, 4) is 100 Å². The molecule has 0 saturated heterocycles. The molecule has 0 unspecified atom stereocenters. The molecule has 0 aliphatic heterocycles. The minimum Gasteiger partial charge on any atom is -0.256 e. The van der Waals surface area contributed by atoms with Crippen molar-refractivity contribution in [2.24, 2.45) is 0 Å². The zero-order chi connectivity index (χ0) is 39.3. The highest BCUT2D eigenvalue weighted by Gasteiger charge is 2.34. The molecule has 0 spiro atoms. The highest BCUT2D eigenvalue weighted by molar-refractivity contribution is 6.26. The Balaban J connectivity index is 1.11. The Bertz CT molecular complexity index is 3440. The van der Waals surface area contributed by atoms with E-state index in [2.05, 4.69) is 170 Å². The van der Waals surface area contributed by atoms with Crippen molar-refractivity contribution in [3.05, 3.63) is 199 Å². The lowest BCUT2D eigenvalue weighted by Crippen LogP contribution is -2.04. The fourth-order valence-corrected chi connectivity index (χ4v) is 10.7. The smallest absolute Gasteiger partial charge is 0.0702 e. The molecular formula is C58H36N2. The third-order valence-electron chi connectivity index (χ3n) is 13.1. The van der Waals surface area contributed by atoms with Gasteiger partial charge in [-0.2, -0.15) is 0 Å². The van der Waals surface area contributed by atoms with Crippen molar-refractivity contribution in [3.63, 3.8) is 0 Å². The Morgan fingerprint density at radius 3 is 1.48 bits per heavy atom. The molecule has 0 atom stereocenters. The average molecular weight is 761 g/mol. The summed E-state index contributed by atoms with van der Waals surface area (Å²) in [5.41, 5.74) is 25.1. The van der Waals surface area contributed by atoms with E-state index in [0.29, 0.717) is 0 Å². The normalized spacial score (nSPS) is 12.8. The fourth-order valence-electron chi connectivity index (χ4n) is 10.7. The Hall–Kier alpha value is -7.68. The Labute approximate surface area is 348 Å². The van der Waals surface area contributed by atoms with Crippen LogP contribution in [0, 0.1) is 0 Å². The molecule has 2 heterocycles. The number of hydrogen-bond donors (Lipinski definition) is 0. The number of hydrogen-bond acceptors (Lipinski definition) is 2. The molecule has 0 bridgehead atoms. The predicted octanol–water partition coefficient (Wildman–Crippen LogP) is 15.4. The minimum absolute atomic E-state index is 0.968. The maximum Gasteiger partial charge on any atom is 0.0702 e. The molecule has 0 fully saturated rings. The second-order valence-electron chi connectivity index (χ2n) is 16.2. The zero-order valence-corrected chi connectivity index (χ0v) is 32.8. The summed E-state index contributed by atoms with van der Waals surface area (Å²) in [5.74, 6) is 0. The molecule has 278 valence electrons. The number of fused-ring (bicyclic) bond motifs is 7. The molecule has 0 amide bonds. The summed E-state index contributed by atoms with van der Waals surface area (Å²) in [7, 11) is 0. The molecule has 2 heteroatoms. The van der Waals surface area contributed by atoms with E-state index >= 15 is 0 Å². The quantitative estimate of drug-likeness (QED) is 0.175. The van der Waals surface area contributed by atoms with Crippen molar-refractivity contribution in [2.75, 3.05) is 0 Å². The van der Waals surface area contributed by atoms with Gasteiger partial charge < -0.3 is 0 Å². The molecule has 0 saturated carbocycles. The third kappa shape index (κ3) is 4.76. The van der Waals surface area contributed by atoms with E-state index in [1.807, 2.05) is 24.5 Å². The van der Waals surface area contributed by atoms with Crippen molar-refractivity contribution < 1.29 is 0 Å². The number of benzene rings is 8. The lowest BCUT2D eigenvalue weighted by atomic mass is 9.77. The van der Waals surface area contributed by atoms with Crippen LogP contribution >= 0.6 is 0 Å². The summed E-state index contributed by atoms with van der Waals surface area (Å²) >= 11 is 0. The minimum atomic E-state index is 0.968. The van der Waals surface area contributed by atoms with Crippen LogP contribution in [0.2, 0.25) is 0 Å². The van der Waals surface area contributed by atoms with E-state index in [1.165, 1.54) is 111 Å². The molecule has 0 radical (unpaired) electrons. The molecule has 2 nitrogen and oxygen atoms in total. The largest absolute Gasteiger partial charge is 0.256 e. The number of allylic oxidation sites excluding steroid dienone is 1. The van der Waals surface area contributed by atoms with E-state index in [4.69, 9.17) is 9.97 Å². The van der Waals surface area contributed by atoms with Gasteiger partial charge in [0.15, 0.2) is 0 Å². The molecule has 2 aromatic heterocycles. The number of aromatic nitrogens is 2.